The van der Waals surface area contributed by atoms with E-state index in [1.54, 1.807) is 18.1 Å². The number of hydrogen-bond acceptors (Lipinski definition) is 6. The Balaban J connectivity index is 1.94. The summed E-state index contributed by atoms with van der Waals surface area (Å²) in [5.74, 6) is 1.39. The molecule has 17 heavy (non-hydrogen) atoms. The molecule has 2 aromatic heterocycles. The number of tetrazole rings is 1. The first-order chi connectivity index (χ1) is 8.13. The van der Waals surface area contributed by atoms with E-state index in [1.165, 1.54) is 4.80 Å². The monoisotopic (exact) mass is 236 g/mol. The zero-order valence-electron chi connectivity index (χ0n) is 10.2. The maximum Gasteiger partial charge on any atom is 0.196 e. The van der Waals surface area contributed by atoms with Gasteiger partial charge in [0, 0.05) is 6.04 Å². The molecule has 2 rings (SSSR count). The third kappa shape index (κ3) is 3.31. The van der Waals surface area contributed by atoms with Crippen molar-refractivity contribution in [1.82, 2.24) is 40.3 Å². The highest BCUT2D eigenvalue weighted by Gasteiger charge is 2.05. The van der Waals surface area contributed by atoms with Crippen LogP contribution in [0.2, 0.25) is 0 Å². The van der Waals surface area contributed by atoms with Gasteiger partial charge in [0.15, 0.2) is 11.6 Å². The summed E-state index contributed by atoms with van der Waals surface area (Å²) in [5, 5.41) is 19.3. The molecule has 2 aromatic rings. The van der Waals surface area contributed by atoms with Gasteiger partial charge in [0.05, 0.1) is 13.6 Å². The fourth-order valence-electron chi connectivity index (χ4n) is 1.32. The van der Waals surface area contributed by atoms with Crippen molar-refractivity contribution in [2.75, 3.05) is 0 Å². The second-order valence-electron chi connectivity index (χ2n) is 4.09. The highest BCUT2D eigenvalue weighted by Crippen LogP contribution is 1.94. The minimum Gasteiger partial charge on any atom is -0.308 e. The lowest BCUT2D eigenvalue weighted by molar-refractivity contribution is 0.562. The topological polar surface area (TPSA) is 86.3 Å². The molecule has 0 saturated heterocycles. The van der Waals surface area contributed by atoms with Gasteiger partial charge in [-0.05, 0) is 5.21 Å². The van der Waals surface area contributed by atoms with Crippen LogP contribution >= 0.6 is 0 Å². The smallest absolute Gasteiger partial charge is 0.196 e. The van der Waals surface area contributed by atoms with Crippen LogP contribution in [-0.2, 0) is 20.1 Å². The molecule has 0 atom stereocenters. The maximum absolute atomic E-state index is 4.31. The Morgan fingerprint density at radius 3 is 2.76 bits per heavy atom. The predicted octanol–water partition coefficient (Wildman–Crippen LogP) is -0.652. The van der Waals surface area contributed by atoms with Gasteiger partial charge in [-0.1, -0.05) is 13.8 Å². The lowest BCUT2D eigenvalue weighted by Crippen LogP contribution is -2.22. The second kappa shape index (κ2) is 5.00. The highest BCUT2D eigenvalue weighted by atomic mass is 15.6. The minimum atomic E-state index is 0.420. The number of nitrogens with one attached hydrogen (secondary N) is 1. The molecule has 1 N–H and O–H groups in total. The number of hydrogen-bond donors (Lipinski definition) is 1. The van der Waals surface area contributed by atoms with E-state index in [0.29, 0.717) is 25.0 Å². The SMILES string of the molecule is CC(C)NCc1ncn(Cc2nnn(C)n2)n1. The summed E-state index contributed by atoms with van der Waals surface area (Å²) in [6.45, 7) is 5.32. The average molecular weight is 236 g/mol. The summed E-state index contributed by atoms with van der Waals surface area (Å²) in [7, 11) is 1.73. The molecule has 0 radical (unpaired) electrons. The molecule has 8 heteroatoms. The number of aryl methyl sites for hydroxylation is 1. The molecule has 0 aliphatic rings. The molecule has 0 spiro atoms. The van der Waals surface area contributed by atoms with Crippen molar-refractivity contribution in [2.45, 2.75) is 33.0 Å². The molecule has 2 heterocycles. The number of aromatic nitrogens is 7. The van der Waals surface area contributed by atoms with Crippen LogP contribution in [0, 0.1) is 0 Å². The summed E-state index contributed by atoms with van der Waals surface area (Å²) >= 11 is 0. The summed E-state index contributed by atoms with van der Waals surface area (Å²) in [5.41, 5.74) is 0. The van der Waals surface area contributed by atoms with E-state index in [0.717, 1.165) is 5.82 Å². The van der Waals surface area contributed by atoms with E-state index < -0.39 is 0 Å². The zero-order chi connectivity index (χ0) is 12.3. The Morgan fingerprint density at radius 1 is 1.29 bits per heavy atom. The van der Waals surface area contributed by atoms with Crippen LogP contribution in [0.1, 0.15) is 25.5 Å². The van der Waals surface area contributed by atoms with Crippen molar-refractivity contribution in [3.8, 4) is 0 Å². The Morgan fingerprint density at radius 2 is 2.12 bits per heavy atom. The fraction of sp³-hybridized carbons (Fsp3) is 0.667. The van der Waals surface area contributed by atoms with Gasteiger partial charge in [-0.25, -0.2) is 9.67 Å². The number of nitrogens with zero attached hydrogens (tertiary/aromatic N) is 7. The molecule has 0 unspecified atom stereocenters. The molecule has 0 aliphatic heterocycles. The second-order valence-corrected chi connectivity index (χ2v) is 4.09. The first-order valence-electron chi connectivity index (χ1n) is 5.48. The van der Waals surface area contributed by atoms with Crippen LogP contribution in [-0.4, -0.2) is 41.0 Å². The summed E-state index contributed by atoms with van der Waals surface area (Å²) < 4.78 is 1.70. The summed E-state index contributed by atoms with van der Waals surface area (Å²) in [4.78, 5) is 5.62. The van der Waals surface area contributed by atoms with E-state index in [-0.39, 0.29) is 0 Å². The molecule has 0 bridgehead atoms. The van der Waals surface area contributed by atoms with Crippen LogP contribution in [0.3, 0.4) is 0 Å². The third-order valence-corrected chi connectivity index (χ3v) is 2.11. The van der Waals surface area contributed by atoms with E-state index in [2.05, 4.69) is 44.7 Å². The molecule has 0 aliphatic carbocycles. The predicted molar refractivity (Wildman–Crippen MR) is 59.9 cm³/mol. The average Bonchev–Trinajstić information content (AvgIpc) is 2.86. The van der Waals surface area contributed by atoms with Gasteiger partial charge in [-0.15, -0.1) is 10.2 Å². The Kier molecular flexibility index (Phi) is 3.43. The highest BCUT2D eigenvalue weighted by molar-refractivity contribution is 4.85. The molecule has 0 saturated carbocycles. The van der Waals surface area contributed by atoms with Crippen LogP contribution in [0.5, 0.6) is 0 Å². The van der Waals surface area contributed by atoms with E-state index in [9.17, 15) is 0 Å². The van der Waals surface area contributed by atoms with Crippen LogP contribution in [0.4, 0.5) is 0 Å². The molecule has 92 valence electrons. The Bertz CT molecular complexity index is 471. The van der Waals surface area contributed by atoms with Gasteiger partial charge in [0.25, 0.3) is 0 Å². The molecule has 0 amide bonds. The minimum absolute atomic E-state index is 0.420. The van der Waals surface area contributed by atoms with Crippen LogP contribution < -0.4 is 5.32 Å². The van der Waals surface area contributed by atoms with Crippen molar-refractivity contribution in [3.63, 3.8) is 0 Å². The maximum atomic E-state index is 4.31. The number of rotatable bonds is 5. The van der Waals surface area contributed by atoms with E-state index in [1.807, 2.05) is 0 Å². The van der Waals surface area contributed by atoms with Crippen molar-refractivity contribution < 1.29 is 0 Å². The molecule has 0 aromatic carbocycles. The van der Waals surface area contributed by atoms with Gasteiger partial charge >= 0.3 is 0 Å². The van der Waals surface area contributed by atoms with Gasteiger partial charge in [-0.2, -0.15) is 9.90 Å². The van der Waals surface area contributed by atoms with E-state index >= 15 is 0 Å². The molecule has 8 nitrogen and oxygen atoms in total. The first-order valence-corrected chi connectivity index (χ1v) is 5.48. The molecule has 0 fully saturated rings. The summed E-state index contributed by atoms with van der Waals surface area (Å²) in [6.07, 6.45) is 1.67. The van der Waals surface area contributed by atoms with Crippen molar-refractivity contribution in [3.05, 3.63) is 18.0 Å². The normalized spacial score (nSPS) is 11.3. The first kappa shape index (κ1) is 11.6. The molecular formula is C9H16N8. The van der Waals surface area contributed by atoms with Gasteiger partial charge in [0.1, 0.15) is 12.9 Å². The lowest BCUT2D eigenvalue weighted by atomic mass is 10.4. The zero-order valence-corrected chi connectivity index (χ0v) is 10.2. The van der Waals surface area contributed by atoms with Crippen LogP contribution in [0.25, 0.3) is 0 Å². The van der Waals surface area contributed by atoms with Gasteiger partial charge in [-0.3, -0.25) is 0 Å². The quantitative estimate of drug-likeness (QED) is 0.742. The van der Waals surface area contributed by atoms with Crippen molar-refractivity contribution in [2.24, 2.45) is 7.05 Å². The summed E-state index contributed by atoms with van der Waals surface area (Å²) in [6, 6.07) is 0.420. The Hall–Kier alpha value is -1.83. The van der Waals surface area contributed by atoms with Crippen molar-refractivity contribution in [1.29, 1.82) is 0 Å². The lowest BCUT2D eigenvalue weighted by Gasteiger charge is -2.03. The van der Waals surface area contributed by atoms with Gasteiger partial charge in [0.2, 0.25) is 0 Å². The van der Waals surface area contributed by atoms with Crippen molar-refractivity contribution >= 4 is 0 Å². The fourth-order valence-corrected chi connectivity index (χ4v) is 1.32. The molecular weight excluding hydrogens is 220 g/mol. The van der Waals surface area contributed by atoms with Gasteiger partial charge < -0.3 is 5.32 Å². The Labute approximate surface area is 99.0 Å². The standard InChI is InChI=1S/C9H16N8/c1-7(2)10-4-8-11-6-17(14-8)5-9-12-15-16(3)13-9/h6-7,10H,4-5H2,1-3H3. The van der Waals surface area contributed by atoms with Crippen LogP contribution in [0.15, 0.2) is 6.33 Å². The van der Waals surface area contributed by atoms with E-state index in [4.69, 9.17) is 0 Å². The third-order valence-electron chi connectivity index (χ3n) is 2.11. The largest absolute Gasteiger partial charge is 0.308 e.